The van der Waals surface area contributed by atoms with E-state index in [2.05, 4.69) is 29.1 Å². The lowest BCUT2D eigenvalue weighted by Crippen LogP contribution is -2.29. The summed E-state index contributed by atoms with van der Waals surface area (Å²) in [6.45, 7) is 6.84. The lowest BCUT2D eigenvalue weighted by atomic mass is 10.0. The van der Waals surface area contributed by atoms with E-state index in [0.29, 0.717) is 30.2 Å². The second kappa shape index (κ2) is 6.39. The van der Waals surface area contributed by atoms with Crippen LogP contribution >= 0.6 is 0 Å². The van der Waals surface area contributed by atoms with E-state index in [1.165, 1.54) is 0 Å². The topological polar surface area (TPSA) is 73.1 Å². The van der Waals surface area contributed by atoms with E-state index in [0.717, 1.165) is 12.2 Å². The lowest BCUT2D eigenvalue weighted by molar-refractivity contribution is 0.395. The molecule has 1 heterocycles. The zero-order valence-corrected chi connectivity index (χ0v) is 11.0. The third kappa shape index (κ3) is 4.19. The van der Waals surface area contributed by atoms with E-state index >= 15 is 0 Å². The van der Waals surface area contributed by atoms with Crippen molar-refractivity contribution in [2.45, 2.75) is 33.2 Å². The summed E-state index contributed by atoms with van der Waals surface area (Å²) >= 11 is 0. The quantitative estimate of drug-likeness (QED) is 0.787. The van der Waals surface area contributed by atoms with Crippen molar-refractivity contribution in [3.63, 3.8) is 0 Å². The molecular formula is C12H22N4O. The molecule has 0 saturated carbocycles. The maximum absolute atomic E-state index is 5.61. The van der Waals surface area contributed by atoms with Gasteiger partial charge in [-0.2, -0.15) is 4.98 Å². The molecule has 3 N–H and O–H groups in total. The van der Waals surface area contributed by atoms with E-state index in [9.17, 15) is 0 Å². The molecule has 0 aliphatic heterocycles. The molecule has 0 bridgehead atoms. The summed E-state index contributed by atoms with van der Waals surface area (Å²) < 4.78 is 5.12. The van der Waals surface area contributed by atoms with Crippen LogP contribution in [0.5, 0.6) is 5.88 Å². The third-order valence-corrected chi connectivity index (χ3v) is 2.64. The maximum atomic E-state index is 5.61. The predicted molar refractivity (Wildman–Crippen MR) is 69.2 cm³/mol. The Morgan fingerprint density at radius 3 is 2.65 bits per heavy atom. The largest absolute Gasteiger partial charge is 0.481 e. The SMILES string of the molecule is COc1cc(NC(CCN)C(C)C)nc(C)n1. The van der Waals surface area contributed by atoms with Gasteiger partial charge in [0.1, 0.15) is 11.6 Å². The Bertz CT molecular complexity index is 354. The number of hydrogen-bond acceptors (Lipinski definition) is 5. The van der Waals surface area contributed by atoms with Crippen molar-refractivity contribution in [3.8, 4) is 5.88 Å². The predicted octanol–water partition coefficient (Wildman–Crippen LogP) is 1.58. The Labute approximate surface area is 103 Å². The van der Waals surface area contributed by atoms with Crippen molar-refractivity contribution >= 4 is 5.82 Å². The summed E-state index contributed by atoms with van der Waals surface area (Å²) in [5.41, 5.74) is 5.61. The van der Waals surface area contributed by atoms with Gasteiger partial charge >= 0.3 is 0 Å². The van der Waals surface area contributed by atoms with Gasteiger partial charge in [-0.1, -0.05) is 13.8 Å². The van der Waals surface area contributed by atoms with Crippen LogP contribution in [0.4, 0.5) is 5.82 Å². The van der Waals surface area contributed by atoms with Crippen molar-refractivity contribution in [2.75, 3.05) is 19.0 Å². The van der Waals surface area contributed by atoms with E-state index in [1.54, 1.807) is 13.2 Å². The molecule has 1 rings (SSSR count). The molecular weight excluding hydrogens is 216 g/mol. The molecule has 0 aliphatic carbocycles. The van der Waals surface area contributed by atoms with E-state index < -0.39 is 0 Å². The summed E-state index contributed by atoms with van der Waals surface area (Å²) in [5.74, 6) is 2.57. The number of nitrogens with one attached hydrogen (secondary N) is 1. The first kappa shape index (κ1) is 13.7. The molecule has 17 heavy (non-hydrogen) atoms. The van der Waals surface area contributed by atoms with Crippen LogP contribution in [0, 0.1) is 12.8 Å². The minimum Gasteiger partial charge on any atom is -0.481 e. The normalized spacial score (nSPS) is 12.6. The number of anilines is 1. The lowest BCUT2D eigenvalue weighted by Gasteiger charge is -2.22. The van der Waals surface area contributed by atoms with E-state index in [-0.39, 0.29) is 0 Å². The van der Waals surface area contributed by atoms with Crippen LogP contribution in [-0.4, -0.2) is 29.7 Å². The molecule has 1 aromatic rings. The minimum atomic E-state index is 0.319. The zero-order chi connectivity index (χ0) is 12.8. The highest BCUT2D eigenvalue weighted by molar-refractivity contribution is 5.39. The highest BCUT2D eigenvalue weighted by Crippen LogP contribution is 2.17. The number of nitrogens with zero attached hydrogens (tertiary/aromatic N) is 2. The fraction of sp³-hybridized carbons (Fsp3) is 0.667. The van der Waals surface area contributed by atoms with Gasteiger partial charge in [-0.3, -0.25) is 0 Å². The highest BCUT2D eigenvalue weighted by atomic mass is 16.5. The number of nitrogens with two attached hydrogens (primary N) is 1. The Kier molecular flexibility index (Phi) is 5.15. The fourth-order valence-corrected chi connectivity index (χ4v) is 1.66. The van der Waals surface area contributed by atoms with Gasteiger partial charge in [0.05, 0.1) is 7.11 Å². The van der Waals surface area contributed by atoms with E-state index in [4.69, 9.17) is 10.5 Å². The Morgan fingerprint density at radius 1 is 1.41 bits per heavy atom. The maximum Gasteiger partial charge on any atom is 0.218 e. The van der Waals surface area contributed by atoms with Crippen LogP contribution in [0.3, 0.4) is 0 Å². The second-order valence-corrected chi connectivity index (χ2v) is 4.41. The van der Waals surface area contributed by atoms with Gasteiger partial charge in [0.2, 0.25) is 5.88 Å². The van der Waals surface area contributed by atoms with Gasteiger partial charge in [0.15, 0.2) is 0 Å². The molecule has 0 radical (unpaired) electrons. The molecule has 0 aromatic carbocycles. The monoisotopic (exact) mass is 238 g/mol. The van der Waals surface area contributed by atoms with Crippen LogP contribution in [0.25, 0.3) is 0 Å². The number of hydrogen-bond donors (Lipinski definition) is 2. The summed E-state index contributed by atoms with van der Waals surface area (Å²) in [6, 6.07) is 2.12. The first-order valence-electron chi connectivity index (χ1n) is 5.93. The molecule has 1 atom stereocenters. The summed E-state index contributed by atoms with van der Waals surface area (Å²) in [4.78, 5) is 8.50. The summed E-state index contributed by atoms with van der Waals surface area (Å²) in [6.07, 6.45) is 0.920. The molecule has 5 nitrogen and oxygen atoms in total. The van der Waals surface area contributed by atoms with Crippen LogP contribution < -0.4 is 15.8 Å². The van der Waals surface area contributed by atoms with Crippen LogP contribution in [0.15, 0.2) is 6.07 Å². The minimum absolute atomic E-state index is 0.319. The van der Waals surface area contributed by atoms with Gasteiger partial charge < -0.3 is 15.8 Å². The smallest absolute Gasteiger partial charge is 0.218 e. The molecule has 1 unspecified atom stereocenters. The number of rotatable bonds is 6. The number of aromatic nitrogens is 2. The number of methoxy groups -OCH3 is 1. The van der Waals surface area contributed by atoms with Gasteiger partial charge in [-0.05, 0) is 25.8 Å². The molecule has 0 fully saturated rings. The van der Waals surface area contributed by atoms with Gasteiger partial charge in [-0.15, -0.1) is 0 Å². The fourth-order valence-electron chi connectivity index (χ4n) is 1.66. The van der Waals surface area contributed by atoms with Gasteiger partial charge in [-0.25, -0.2) is 4.98 Å². The Morgan fingerprint density at radius 2 is 2.12 bits per heavy atom. The first-order valence-corrected chi connectivity index (χ1v) is 5.93. The Hall–Kier alpha value is -1.36. The molecule has 1 aromatic heterocycles. The average molecular weight is 238 g/mol. The molecule has 0 aliphatic rings. The third-order valence-electron chi connectivity index (χ3n) is 2.64. The van der Waals surface area contributed by atoms with Gasteiger partial charge in [0, 0.05) is 12.1 Å². The van der Waals surface area contributed by atoms with Crippen molar-refractivity contribution in [1.82, 2.24) is 9.97 Å². The first-order chi connectivity index (χ1) is 8.06. The second-order valence-electron chi connectivity index (χ2n) is 4.41. The molecule has 5 heteroatoms. The van der Waals surface area contributed by atoms with E-state index in [1.807, 2.05) is 6.92 Å². The summed E-state index contributed by atoms with van der Waals surface area (Å²) in [7, 11) is 1.60. The molecule has 0 saturated heterocycles. The molecule has 0 spiro atoms. The number of ether oxygens (including phenoxy) is 1. The highest BCUT2D eigenvalue weighted by Gasteiger charge is 2.13. The molecule has 0 amide bonds. The van der Waals surface area contributed by atoms with Crippen molar-refractivity contribution in [2.24, 2.45) is 11.7 Å². The number of aryl methyl sites for hydroxylation is 1. The van der Waals surface area contributed by atoms with Gasteiger partial charge in [0.25, 0.3) is 0 Å². The Balaban J connectivity index is 2.81. The zero-order valence-electron chi connectivity index (χ0n) is 11.0. The van der Waals surface area contributed by atoms with Crippen LogP contribution in [0.2, 0.25) is 0 Å². The van der Waals surface area contributed by atoms with Crippen LogP contribution in [-0.2, 0) is 0 Å². The van der Waals surface area contributed by atoms with Crippen LogP contribution in [0.1, 0.15) is 26.1 Å². The summed E-state index contributed by atoms with van der Waals surface area (Å²) in [5, 5.41) is 3.38. The van der Waals surface area contributed by atoms with Crippen molar-refractivity contribution < 1.29 is 4.74 Å². The standard InChI is InChI=1S/C12H22N4O/c1-8(2)10(5-6-13)16-11-7-12(17-4)15-9(3)14-11/h7-8,10H,5-6,13H2,1-4H3,(H,14,15,16). The van der Waals surface area contributed by atoms with Crippen molar-refractivity contribution in [1.29, 1.82) is 0 Å². The van der Waals surface area contributed by atoms with Crippen molar-refractivity contribution in [3.05, 3.63) is 11.9 Å². The average Bonchev–Trinajstić information content (AvgIpc) is 2.27. The molecule has 96 valence electrons.